The lowest BCUT2D eigenvalue weighted by Crippen LogP contribution is -2.16. The molecule has 4 nitrogen and oxygen atoms in total. The monoisotopic (exact) mass is 301 g/mol. The van der Waals surface area contributed by atoms with Crippen molar-refractivity contribution in [1.82, 2.24) is 4.40 Å². The fraction of sp³-hybridized carbons (Fsp3) is 0. The van der Waals surface area contributed by atoms with E-state index < -0.39 is 11.4 Å². The fourth-order valence-corrected chi connectivity index (χ4v) is 4.57. The molecule has 6 heteroatoms. The van der Waals surface area contributed by atoms with E-state index in [1.807, 2.05) is 34.0 Å². The minimum absolute atomic E-state index is 0.142. The van der Waals surface area contributed by atoms with E-state index in [4.69, 9.17) is 0 Å². The van der Waals surface area contributed by atoms with Crippen LogP contribution >= 0.6 is 22.7 Å². The molecule has 0 bridgehead atoms. The molecule has 1 aromatic carbocycles. The van der Waals surface area contributed by atoms with Gasteiger partial charge in [-0.1, -0.05) is 12.1 Å². The van der Waals surface area contributed by atoms with Gasteiger partial charge in [0.1, 0.15) is 15.2 Å². The second-order valence-electron chi connectivity index (χ2n) is 4.36. The average Bonchev–Trinajstić information content (AvgIpc) is 3.01. The summed E-state index contributed by atoms with van der Waals surface area (Å²) >= 11 is 2.79. The molecular weight excluding hydrogens is 294 g/mol. The minimum Gasteiger partial charge on any atom is -0.477 e. The smallest absolute Gasteiger partial charge is 0.342 e. The largest absolute Gasteiger partial charge is 0.477 e. The number of para-hydroxylation sites is 1. The van der Waals surface area contributed by atoms with E-state index in [1.54, 1.807) is 6.07 Å². The number of carbonyl (C=O) groups is 1. The summed E-state index contributed by atoms with van der Waals surface area (Å²) in [5.74, 6) is -1.17. The Morgan fingerprint density at radius 1 is 1.15 bits per heavy atom. The first kappa shape index (κ1) is 11.6. The van der Waals surface area contributed by atoms with Crippen molar-refractivity contribution in [2.75, 3.05) is 0 Å². The Balaban J connectivity index is 2.45. The molecule has 0 atom stereocenters. The third kappa shape index (κ3) is 1.35. The molecule has 3 aromatic heterocycles. The highest BCUT2D eigenvalue weighted by Crippen LogP contribution is 2.32. The molecule has 0 saturated carbocycles. The van der Waals surface area contributed by atoms with E-state index in [-0.39, 0.29) is 5.56 Å². The first-order valence-electron chi connectivity index (χ1n) is 5.85. The lowest BCUT2D eigenvalue weighted by Gasteiger charge is -2.01. The number of thiophene rings is 1. The van der Waals surface area contributed by atoms with Gasteiger partial charge in [0.05, 0.1) is 15.6 Å². The van der Waals surface area contributed by atoms with Crippen LogP contribution in [0, 0.1) is 0 Å². The quantitative estimate of drug-likeness (QED) is 0.586. The summed E-state index contributed by atoms with van der Waals surface area (Å²) in [6.07, 6.45) is 0. The average molecular weight is 301 g/mol. The highest BCUT2D eigenvalue weighted by molar-refractivity contribution is 7.24. The van der Waals surface area contributed by atoms with Crippen molar-refractivity contribution in [2.24, 2.45) is 0 Å². The number of hydrogen-bond acceptors (Lipinski definition) is 4. The second-order valence-corrected chi connectivity index (χ2v) is 6.28. The van der Waals surface area contributed by atoms with Crippen molar-refractivity contribution in [3.05, 3.63) is 51.5 Å². The van der Waals surface area contributed by atoms with Gasteiger partial charge in [-0.15, -0.1) is 22.7 Å². The molecule has 0 aliphatic heterocycles. The third-order valence-corrected chi connectivity index (χ3v) is 5.31. The minimum atomic E-state index is -1.17. The summed E-state index contributed by atoms with van der Waals surface area (Å²) in [7, 11) is 0. The van der Waals surface area contributed by atoms with E-state index in [0.29, 0.717) is 10.2 Å². The normalized spacial score (nSPS) is 11.6. The van der Waals surface area contributed by atoms with Gasteiger partial charge in [0.15, 0.2) is 0 Å². The van der Waals surface area contributed by atoms with Gasteiger partial charge in [-0.05, 0) is 23.6 Å². The first-order valence-corrected chi connectivity index (χ1v) is 7.55. The Labute approximate surface area is 120 Å². The highest BCUT2D eigenvalue weighted by atomic mass is 32.1. The van der Waals surface area contributed by atoms with E-state index in [1.165, 1.54) is 22.7 Å². The van der Waals surface area contributed by atoms with Gasteiger partial charge >= 0.3 is 5.97 Å². The molecule has 0 saturated heterocycles. The number of hydrogen-bond donors (Lipinski definition) is 1. The Morgan fingerprint density at radius 2 is 1.95 bits per heavy atom. The Kier molecular flexibility index (Phi) is 2.27. The maximum absolute atomic E-state index is 12.3. The summed E-state index contributed by atoms with van der Waals surface area (Å²) in [6, 6.07) is 9.37. The third-order valence-electron chi connectivity index (χ3n) is 3.26. The number of fused-ring (bicyclic) bond motifs is 5. The van der Waals surface area contributed by atoms with Gasteiger partial charge in [-0.25, -0.2) is 4.79 Å². The molecule has 20 heavy (non-hydrogen) atoms. The topological polar surface area (TPSA) is 58.8 Å². The zero-order valence-corrected chi connectivity index (χ0v) is 11.6. The van der Waals surface area contributed by atoms with Crippen LogP contribution in [0.5, 0.6) is 0 Å². The van der Waals surface area contributed by atoms with Crippen LogP contribution in [0.25, 0.3) is 25.3 Å². The number of carboxylic acid groups (broad SMARTS) is 1. The number of pyridine rings is 1. The molecule has 3 heterocycles. The number of aromatic carboxylic acids is 1. The molecule has 4 rings (SSSR count). The standard InChI is InChI=1S/C14H7NO3S2/c16-11-7-5-6-19-12(7)15-8-3-1-2-4-9(8)20-13(15)10(11)14(17)18/h1-6H,(H,17,18). The zero-order chi connectivity index (χ0) is 13.9. The van der Waals surface area contributed by atoms with Gasteiger partial charge in [0, 0.05) is 0 Å². The van der Waals surface area contributed by atoms with Crippen LogP contribution in [0.1, 0.15) is 10.4 Å². The number of rotatable bonds is 1. The van der Waals surface area contributed by atoms with Crippen LogP contribution in [0.4, 0.5) is 0 Å². The Morgan fingerprint density at radius 3 is 2.75 bits per heavy atom. The molecule has 4 aromatic rings. The van der Waals surface area contributed by atoms with Gasteiger partial charge in [-0.2, -0.15) is 0 Å². The summed E-state index contributed by atoms with van der Waals surface area (Å²) in [4.78, 5) is 25.1. The number of carboxylic acids is 1. The van der Waals surface area contributed by atoms with Crippen molar-refractivity contribution in [1.29, 1.82) is 0 Å². The summed E-state index contributed by atoms with van der Waals surface area (Å²) in [6.45, 7) is 0. The predicted octanol–water partition coefficient (Wildman–Crippen LogP) is 3.43. The Bertz CT molecular complexity index is 1050. The molecule has 0 amide bonds. The SMILES string of the molecule is O=C(O)c1c(=O)c2ccsc2n2c1sc1ccccc12. The lowest BCUT2D eigenvalue weighted by atomic mass is 10.2. The molecular formula is C14H7NO3S2. The van der Waals surface area contributed by atoms with Crippen molar-refractivity contribution in [3.63, 3.8) is 0 Å². The zero-order valence-electron chi connectivity index (χ0n) is 9.99. The predicted molar refractivity (Wildman–Crippen MR) is 81.4 cm³/mol. The van der Waals surface area contributed by atoms with E-state index in [9.17, 15) is 14.7 Å². The molecule has 0 aliphatic rings. The molecule has 0 spiro atoms. The fourth-order valence-electron chi connectivity index (χ4n) is 2.42. The summed E-state index contributed by atoms with van der Waals surface area (Å²) < 4.78 is 2.85. The second kappa shape index (κ2) is 3.91. The number of benzene rings is 1. The van der Waals surface area contributed by atoms with Crippen molar-refractivity contribution >= 4 is 53.9 Å². The number of aromatic nitrogens is 1. The van der Waals surface area contributed by atoms with Crippen LogP contribution < -0.4 is 5.43 Å². The van der Waals surface area contributed by atoms with E-state index in [2.05, 4.69) is 0 Å². The maximum Gasteiger partial charge on any atom is 0.342 e. The van der Waals surface area contributed by atoms with Gasteiger partial charge < -0.3 is 5.11 Å². The van der Waals surface area contributed by atoms with Gasteiger partial charge in [0.2, 0.25) is 5.43 Å². The van der Waals surface area contributed by atoms with Crippen LogP contribution in [0.2, 0.25) is 0 Å². The molecule has 1 N–H and O–H groups in total. The van der Waals surface area contributed by atoms with Crippen LogP contribution in [0.15, 0.2) is 40.5 Å². The maximum atomic E-state index is 12.3. The lowest BCUT2D eigenvalue weighted by molar-refractivity contribution is 0.0698. The van der Waals surface area contributed by atoms with Crippen LogP contribution in [0.3, 0.4) is 0 Å². The van der Waals surface area contributed by atoms with E-state index >= 15 is 0 Å². The van der Waals surface area contributed by atoms with Crippen LogP contribution in [-0.4, -0.2) is 15.5 Å². The molecule has 0 radical (unpaired) electrons. The molecule has 0 aliphatic carbocycles. The molecule has 98 valence electrons. The molecule has 0 unspecified atom stereocenters. The van der Waals surface area contributed by atoms with Crippen LogP contribution in [-0.2, 0) is 0 Å². The summed E-state index contributed by atoms with van der Waals surface area (Å²) in [5.41, 5.74) is 0.389. The van der Waals surface area contributed by atoms with Crippen molar-refractivity contribution in [2.45, 2.75) is 0 Å². The number of nitrogens with zero attached hydrogens (tertiary/aromatic N) is 1. The van der Waals surface area contributed by atoms with Gasteiger partial charge in [0.25, 0.3) is 0 Å². The van der Waals surface area contributed by atoms with E-state index in [0.717, 1.165) is 15.0 Å². The summed E-state index contributed by atoms with van der Waals surface area (Å²) in [5, 5.41) is 11.7. The van der Waals surface area contributed by atoms with Gasteiger partial charge in [-0.3, -0.25) is 9.20 Å². The molecule has 0 fully saturated rings. The highest BCUT2D eigenvalue weighted by Gasteiger charge is 2.21. The first-order chi connectivity index (χ1) is 9.68. The van der Waals surface area contributed by atoms with Crippen molar-refractivity contribution < 1.29 is 9.90 Å². The Hall–Kier alpha value is -2.18. The number of thiazole rings is 1. The van der Waals surface area contributed by atoms with Crippen molar-refractivity contribution in [3.8, 4) is 0 Å².